The van der Waals surface area contributed by atoms with E-state index >= 15 is 0 Å². The summed E-state index contributed by atoms with van der Waals surface area (Å²) in [5.74, 6) is 1.28. The van der Waals surface area contributed by atoms with Crippen molar-refractivity contribution in [3.63, 3.8) is 0 Å². The lowest BCUT2D eigenvalue weighted by Gasteiger charge is -2.13. The van der Waals surface area contributed by atoms with Gasteiger partial charge in [0, 0.05) is 6.54 Å². The minimum atomic E-state index is 0.0574. The number of rotatable bonds is 6. The molecule has 0 amide bonds. The van der Waals surface area contributed by atoms with Gasteiger partial charge in [-0.05, 0) is 50.5 Å². The van der Waals surface area contributed by atoms with Gasteiger partial charge in [0.1, 0.15) is 5.82 Å². The summed E-state index contributed by atoms with van der Waals surface area (Å²) in [7, 11) is 0. The third kappa shape index (κ3) is 4.38. The number of hydrogen-bond acceptors (Lipinski definition) is 4. The highest BCUT2D eigenvalue weighted by Crippen LogP contribution is 2.22. The number of aromatic nitrogens is 1. The molecule has 4 nitrogen and oxygen atoms in total. The zero-order valence-corrected chi connectivity index (χ0v) is 12.9. The largest absolute Gasteiger partial charge is 0.473 e. The first-order valence-electron chi connectivity index (χ1n) is 7.28. The quantitative estimate of drug-likeness (QED) is 0.854. The second-order valence-electron chi connectivity index (χ2n) is 5.36. The zero-order valence-electron chi connectivity index (χ0n) is 12.9. The van der Waals surface area contributed by atoms with Gasteiger partial charge >= 0.3 is 0 Å². The van der Waals surface area contributed by atoms with Crippen molar-refractivity contribution in [2.24, 2.45) is 0 Å². The van der Waals surface area contributed by atoms with Gasteiger partial charge in [-0.1, -0.05) is 24.3 Å². The molecule has 4 heteroatoms. The normalized spacial score (nSPS) is 10.7. The van der Waals surface area contributed by atoms with E-state index in [0.717, 1.165) is 18.8 Å². The first-order valence-corrected chi connectivity index (χ1v) is 7.28. The second kappa shape index (κ2) is 6.97. The van der Waals surface area contributed by atoms with Crippen LogP contribution in [0.15, 0.2) is 36.4 Å². The van der Waals surface area contributed by atoms with Gasteiger partial charge < -0.3 is 15.8 Å². The van der Waals surface area contributed by atoms with Crippen molar-refractivity contribution >= 4 is 11.5 Å². The molecule has 0 fully saturated rings. The third-order valence-electron chi connectivity index (χ3n) is 3.20. The van der Waals surface area contributed by atoms with Crippen molar-refractivity contribution in [1.82, 2.24) is 4.98 Å². The molecule has 1 aromatic heterocycles. The average molecular weight is 285 g/mol. The summed E-state index contributed by atoms with van der Waals surface area (Å²) in [6.45, 7) is 6.87. The molecule has 0 aliphatic carbocycles. The summed E-state index contributed by atoms with van der Waals surface area (Å²) >= 11 is 0. The predicted molar refractivity (Wildman–Crippen MR) is 87.8 cm³/mol. The Kier molecular flexibility index (Phi) is 5.04. The molecule has 1 heterocycles. The van der Waals surface area contributed by atoms with E-state index in [9.17, 15) is 0 Å². The number of hydrogen-bond donors (Lipinski definition) is 2. The molecule has 2 rings (SSSR count). The maximum absolute atomic E-state index is 5.86. The molecule has 21 heavy (non-hydrogen) atoms. The Labute approximate surface area is 126 Å². The summed E-state index contributed by atoms with van der Waals surface area (Å²) in [6.07, 6.45) is 1.01. The van der Waals surface area contributed by atoms with Crippen LogP contribution in [0.3, 0.4) is 0 Å². The predicted octanol–water partition coefficient (Wildman–Crippen LogP) is 3.41. The van der Waals surface area contributed by atoms with E-state index in [0.29, 0.717) is 11.6 Å². The van der Waals surface area contributed by atoms with E-state index < -0.39 is 0 Å². The lowest BCUT2D eigenvalue weighted by atomic mass is 10.1. The van der Waals surface area contributed by atoms with E-state index in [-0.39, 0.29) is 6.10 Å². The van der Waals surface area contributed by atoms with Crippen molar-refractivity contribution in [3.8, 4) is 5.88 Å². The van der Waals surface area contributed by atoms with Crippen LogP contribution in [-0.4, -0.2) is 17.6 Å². The van der Waals surface area contributed by atoms with Gasteiger partial charge in [-0.3, -0.25) is 0 Å². The van der Waals surface area contributed by atoms with Gasteiger partial charge in [0.05, 0.1) is 11.8 Å². The molecule has 0 bridgehead atoms. The number of benzene rings is 1. The minimum Gasteiger partial charge on any atom is -0.473 e. The van der Waals surface area contributed by atoms with Crippen LogP contribution in [0.4, 0.5) is 11.5 Å². The minimum absolute atomic E-state index is 0.0574. The van der Waals surface area contributed by atoms with Crippen LogP contribution in [0.5, 0.6) is 5.88 Å². The number of nitrogens with one attached hydrogen (secondary N) is 1. The lowest BCUT2D eigenvalue weighted by Crippen LogP contribution is -2.11. The van der Waals surface area contributed by atoms with E-state index in [2.05, 4.69) is 41.5 Å². The Hall–Kier alpha value is -2.23. The van der Waals surface area contributed by atoms with E-state index in [1.54, 1.807) is 0 Å². The van der Waals surface area contributed by atoms with Gasteiger partial charge in [0.25, 0.3) is 0 Å². The number of nitrogens with zero attached hydrogens (tertiary/aromatic N) is 1. The van der Waals surface area contributed by atoms with Crippen LogP contribution >= 0.6 is 0 Å². The lowest BCUT2D eigenvalue weighted by molar-refractivity contribution is 0.234. The van der Waals surface area contributed by atoms with Gasteiger partial charge in [0.15, 0.2) is 0 Å². The zero-order chi connectivity index (χ0) is 15.2. The summed E-state index contributed by atoms with van der Waals surface area (Å²) in [5, 5.41) is 3.31. The molecular weight excluding hydrogens is 262 g/mol. The van der Waals surface area contributed by atoms with Crippen LogP contribution in [0.1, 0.15) is 25.0 Å². The van der Waals surface area contributed by atoms with Crippen molar-refractivity contribution < 1.29 is 4.74 Å². The van der Waals surface area contributed by atoms with Crippen LogP contribution in [0.2, 0.25) is 0 Å². The SMILES string of the molecule is Cc1ccccc1CCNc1ccc(N)c(OC(C)C)n1. The van der Waals surface area contributed by atoms with Crippen LogP contribution in [0.25, 0.3) is 0 Å². The Balaban J connectivity index is 1.96. The standard InChI is InChI=1S/C17H23N3O/c1-12(2)21-17-15(18)8-9-16(20-17)19-11-10-14-7-5-4-6-13(14)3/h4-9,12H,10-11,18H2,1-3H3,(H,19,20). The number of nitrogens with two attached hydrogens (primary N) is 1. The first kappa shape index (κ1) is 15.2. The highest BCUT2D eigenvalue weighted by molar-refractivity contribution is 5.53. The number of ether oxygens (including phenoxy) is 1. The fourth-order valence-corrected chi connectivity index (χ4v) is 2.08. The molecule has 0 atom stereocenters. The van der Waals surface area contributed by atoms with Gasteiger partial charge in [-0.15, -0.1) is 0 Å². The van der Waals surface area contributed by atoms with Crippen LogP contribution in [-0.2, 0) is 6.42 Å². The smallest absolute Gasteiger partial charge is 0.239 e. The second-order valence-corrected chi connectivity index (χ2v) is 5.36. The molecule has 0 unspecified atom stereocenters. The summed E-state index contributed by atoms with van der Waals surface area (Å²) in [5.41, 5.74) is 9.08. The number of nitrogen functional groups attached to an aromatic ring is 1. The molecule has 0 spiro atoms. The molecule has 2 aromatic rings. The van der Waals surface area contributed by atoms with E-state index in [1.165, 1.54) is 11.1 Å². The Morgan fingerprint density at radius 1 is 1.19 bits per heavy atom. The summed E-state index contributed by atoms with van der Waals surface area (Å²) < 4.78 is 5.59. The molecular formula is C17H23N3O. The number of aryl methyl sites for hydroxylation is 1. The topological polar surface area (TPSA) is 60.2 Å². The van der Waals surface area contributed by atoms with Gasteiger partial charge in [0.2, 0.25) is 5.88 Å². The third-order valence-corrected chi connectivity index (χ3v) is 3.20. The monoisotopic (exact) mass is 285 g/mol. The van der Waals surface area contributed by atoms with E-state index in [4.69, 9.17) is 10.5 Å². The Bertz CT molecular complexity index is 596. The molecule has 3 N–H and O–H groups in total. The molecule has 0 aliphatic rings. The molecule has 112 valence electrons. The maximum atomic E-state index is 5.86. The average Bonchev–Trinajstić information content (AvgIpc) is 2.44. The van der Waals surface area contributed by atoms with Crippen molar-refractivity contribution in [2.45, 2.75) is 33.3 Å². The molecule has 0 saturated heterocycles. The van der Waals surface area contributed by atoms with Crippen molar-refractivity contribution in [1.29, 1.82) is 0 Å². The summed E-state index contributed by atoms with van der Waals surface area (Å²) in [4.78, 5) is 4.41. The Morgan fingerprint density at radius 2 is 1.95 bits per heavy atom. The van der Waals surface area contributed by atoms with Gasteiger partial charge in [-0.2, -0.15) is 4.98 Å². The molecule has 1 aromatic carbocycles. The van der Waals surface area contributed by atoms with Crippen LogP contribution in [0, 0.1) is 6.92 Å². The highest BCUT2D eigenvalue weighted by atomic mass is 16.5. The van der Waals surface area contributed by atoms with E-state index in [1.807, 2.05) is 26.0 Å². The fourth-order valence-electron chi connectivity index (χ4n) is 2.08. The maximum Gasteiger partial charge on any atom is 0.239 e. The van der Waals surface area contributed by atoms with Crippen molar-refractivity contribution in [3.05, 3.63) is 47.5 Å². The van der Waals surface area contributed by atoms with Crippen LogP contribution < -0.4 is 15.8 Å². The molecule has 0 saturated carbocycles. The molecule has 0 radical (unpaired) electrons. The Morgan fingerprint density at radius 3 is 2.67 bits per heavy atom. The van der Waals surface area contributed by atoms with Gasteiger partial charge in [-0.25, -0.2) is 0 Å². The molecule has 0 aliphatic heterocycles. The first-order chi connectivity index (χ1) is 10.1. The fraction of sp³-hybridized carbons (Fsp3) is 0.353. The number of pyridine rings is 1. The highest BCUT2D eigenvalue weighted by Gasteiger charge is 2.06. The van der Waals surface area contributed by atoms with Crippen molar-refractivity contribution in [2.75, 3.05) is 17.6 Å². The number of anilines is 2. The summed E-state index contributed by atoms with van der Waals surface area (Å²) in [6, 6.07) is 12.1.